The molecule has 7 heteroatoms. The van der Waals surface area contributed by atoms with Crippen molar-refractivity contribution in [3.05, 3.63) is 10.1 Å². The van der Waals surface area contributed by atoms with Gasteiger partial charge in [-0.2, -0.15) is 0 Å². The van der Waals surface area contributed by atoms with Gasteiger partial charge < -0.3 is 28.3 Å². The van der Waals surface area contributed by atoms with E-state index in [0.717, 1.165) is 0 Å². The normalized spacial score (nSPS) is 3.43. The molecule has 0 heterocycles. The van der Waals surface area contributed by atoms with Crippen molar-refractivity contribution in [1.29, 1.82) is 0 Å². The zero-order valence-electron chi connectivity index (χ0n) is 3.80. The molecule has 40 valence electrons. The molecule has 0 radical (unpaired) electrons. The first-order valence-corrected chi connectivity index (χ1v) is 0.565. The Labute approximate surface area is 93.3 Å². The molecule has 0 spiro atoms. The number of hydrogen-bond acceptors (Lipinski definition) is 3. The minimum absolute atomic E-state index is 0. The molecule has 0 rings (SSSR count). The predicted molar refractivity (Wildman–Crippen MR) is 13.8 cm³/mol. The molecule has 0 aromatic rings. The summed E-state index contributed by atoms with van der Waals surface area (Å²) in [6, 6.07) is 0. The van der Waals surface area contributed by atoms with Crippen LogP contribution >= 0.6 is 0 Å². The van der Waals surface area contributed by atoms with Crippen LogP contribution in [-0.2, 0) is 0 Å². The van der Waals surface area contributed by atoms with Gasteiger partial charge in [-0.3, -0.25) is 0 Å². The Morgan fingerprint density at radius 2 is 1.57 bits per heavy atom. The van der Waals surface area contributed by atoms with Gasteiger partial charge in [-0.25, -0.2) is 0 Å². The number of nitrogens with zero attached hydrogens (tertiary/aromatic N) is 1. The third kappa shape index (κ3) is 124. The van der Waals surface area contributed by atoms with Crippen LogP contribution in [0.2, 0.25) is 0 Å². The van der Waals surface area contributed by atoms with Crippen molar-refractivity contribution in [2.75, 3.05) is 0 Å². The first kappa shape index (κ1) is 24.0. The van der Waals surface area contributed by atoms with E-state index in [1.807, 2.05) is 0 Å². The van der Waals surface area contributed by atoms with Gasteiger partial charge >= 0.3 is 51.4 Å². The van der Waals surface area contributed by atoms with E-state index in [2.05, 4.69) is 0 Å². The molecule has 0 amide bonds. The number of halogens is 1. The topological polar surface area (TPSA) is 98.4 Å². The SMILES string of the molecule is N.O=[N+]([O-])O.[Br-].[K+]. The summed E-state index contributed by atoms with van der Waals surface area (Å²) in [6.45, 7) is 0. The summed E-state index contributed by atoms with van der Waals surface area (Å²) in [5, 5.41) is 13.6. The standard InChI is InChI=1S/BrH.K.HNO3.H3N/c;;2-1(3)4;/h1H;;(H,2,3,4);1H3/q;+1;;/p-1. The zero-order chi connectivity index (χ0) is 3.58. The average molecular weight is 199 g/mol. The van der Waals surface area contributed by atoms with Crippen LogP contribution in [0.4, 0.5) is 0 Å². The quantitative estimate of drug-likeness (QED) is 0.230. The van der Waals surface area contributed by atoms with Gasteiger partial charge in [-0.1, -0.05) is 0 Å². The van der Waals surface area contributed by atoms with Crippen LogP contribution in [0, 0.1) is 10.1 Å². The maximum atomic E-state index is 8.36. The second-order valence-electron chi connectivity index (χ2n) is 0.238. The Balaban J connectivity index is -0.0000000150. The van der Waals surface area contributed by atoms with Gasteiger partial charge in [0.2, 0.25) is 0 Å². The fourth-order valence-electron chi connectivity index (χ4n) is 0. The summed E-state index contributed by atoms with van der Waals surface area (Å²) in [4.78, 5) is 8.36. The predicted octanol–water partition coefficient (Wildman–Crippen LogP) is -6.18. The van der Waals surface area contributed by atoms with Crippen molar-refractivity contribution in [3.63, 3.8) is 0 Å². The zero-order valence-corrected chi connectivity index (χ0v) is 8.51. The van der Waals surface area contributed by atoms with Crippen molar-refractivity contribution in [2.24, 2.45) is 0 Å². The Morgan fingerprint density at radius 1 is 1.57 bits per heavy atom. The second-order valence-corrected chi connectivity index (χ2v) is 0.238. The molecule has 0 unspecified atom stereocenters. The van der Waals surface area contributed by atoms with Gasteiger partial charge in [0.15, 0.2) is 0 Å². The van der Waals surface area contributed by atoms with E-state index >= 15 is 0 Å². The Bertz CT molecular complexity index is 35.9. The minimum atomic E-state index is -1.50. The van der Waals surface area contributed by atoms with Crippen LogP contribution in [0.5, 0.6) is 0 Å². The molecular formula is H4BrKN2O3. The number of hydrogen-bond donors (Lipinski definition) is 2. The van der Waals surface area contributed by atoms with Crippen molar-refractivity contribution < 1.29 is 78.7 Å². The monoisotopic (exact) mass is 198 g/mol. The fourth-order valence-corrected chi connectivity index (χ4v) is 0. The molecule has 5 nitrogen and oxygen atoms in total. The Morgan fingerprint density at radius 3 is 1.57 bits per heavy atom. The van der Waals surface area contributed by atoms with E-state index in [9.17, 15) is 0 Å². The van der Waals surface area contributed by atoms with E-state index in [-0.39, 0.29) is 74.5 Å². The third-order valence-electron chi connectivity index (χ3n) is 0. The molecule has 0 saturated carbocycles. The summed E-state index contributed by atoms with van der Waals surface area (Å²) in [5.41, 5.74) is 0. The van der Waals surface area contributed by atoms with E-state index in [0.29, 0.717) is 0 Å². The average Bonchev–Trinajstić information content (AvgIpc) is 0.811. The van der Waals surface area contributed by atoms with Crippen LogP contribution < -0.4 is 74.5 Å². The van der Waals surface area contributed by atoms with Crippen LogP contribution in [-0.4, -0.2) is 10.3 Å². The van der Waals surface area contributed by atoms with Gasteiger partial charge in [0, 0.05) is 0 Å². The van der Waals surface area contributed by atoms with Crippen LogP contribution in [0.25, 0.3) is 0 Å². The number of rotatable bonds is 0. The van der Waals surface area contributed by atoms with Gasteiger partial charge in [0.25, 0.3) is 5.09 Å². The maximum Gasteiger partial charge on any atom is 1.00 e. The first-order valence-electron chi connectivity index (χ1n) is 0.565. The summed E-state index contributed by atoms with van der Waals surface area (Å²) in [5.74, 6) is 0. The van der Waals surface area contributed by atoms with Gasteiger partial charge in [0.05, 0.1) is 0 Å². The van der Waals surface area contributed by atoms with Crippen LogP contribution in [0.1, 0.15) is 0 Å². The molecular weight excluding hydrogens is 195 g/mol. The van der Waals surface area contributed by atoms with Crippen molar-refractivity contribution in [3.8, 4) is 0 Å². The molecule has 0 bridgehead atoms. The van der Waals surface area contributed by atoms with Crippen LogP contribution in [0.3, 0.4) is 0 Å². The molecule has 0 aliphatic heterocycles. The van der Waals surface area contributed by atoms with E-state index in [4.69, 9.17) is 15.3 Å². The first-order chi connectivity index (χ1) is 1.73. The molecule has 0 saturated heterocycles. The van der Waals surface area contributed by atoms with Crippen molar-refractivity contribution in [2.45, 2.75) is 0 Å². The molecule has 0 aromatic heterocycles. The Kier molecular flexibility index (Phi) is 53.7. The molecule has 0 aliphatic carbocycles. The van der Waals surface area contributed by atoms with Gasteiger partial charge in [-0.15, -0.1) is 10.1 Å². The molecule has 4 N–H and O–H groups in total. The smallest absolute Gasteiger partial charge is 1.00 e. The Hall–Kier alpha value is 1.28. The van der Waals surface area contributed by atoms with Gasteiger partial charge in [-0.05, 0) is 0 Å². The fraction of sp³-hybridized carbons (Fsp3) is 0. The van der Waals surface area contributed by atoms with Crippen molar-refractivity contribution in [1.82, 2.24) is 6.15 Å². The van der Waals surface area contributed by atoms with E-state index < -0.39 is 5.09 Å². The summed E-state index contributed by atoms with van der Waals surface area (Å²) in [7, 11) is 0. The summed E-state index contributed by atoms with van der Waals surface area (Å²) in [6.07, 6.45) is 0. The maximum absolute atomic E-state index is 8.36. The van der Waals surface area contributed by atoms with Gasteiger partial charge in [0.1, 0.15) is 0 Å². The summed E-state index contributed by atoms with van der Waals surface area (Å²) < 4.78 is 0. The van der Waals surface area contributed by atoms with E-state index in [1.54, 1.807) is 0 Å². The van der Waals surface area contributed by atoms with Crippen molar-refractivity contribution >= 4 is 0 Å². The molecule has 0 fully saturated rings. The minimum Gasteiger partial charge on any atom is -1.00 e. The largest absolute Gasteiger partial charge is 1.00 e. The molecule has 7 heavy (non-hydrogen) atoms. The molecule has 0 atom stereocenters. The van der Waals surface area contributed by atoms with E-state index in [1.165, 1.54) is 0 Å². The van der Waals surface area contributed by atoms with Crippen LogP contribution in [0.15, 0.2) is 0 Å². The summed E-state index contributed by atoms with van der Waals surface area (Å²) >= 11 is 0. The second kappa shape index (κ2) is 15.7. The molecule has 0 aliphatic rings. The molecule has 0 aromatic carbocycles. The third-order valence-corrected chi connectivity index (χ3v) is 0.